The van der Waals surface area contributed by atoms with Crippen molar-refractivity contribution in [2.45, 2.75) is 76.6 Å². The topological polar surface area (TPSA) is 60.7 Å². The third-order valence-corrected chi connectivity index (χ3v) is 8.61. The van der Waals surface area contributed by atoms with E-state index in [-0.39, 0.29) is 28.6 Å². The number of fused-ring (bicyclic) bond motifs is 5. The number of hydrogen-bond acceptors (Lipinski definition) is 3. The van der Waals surface area contributed by atoms with E-state index >= 15 is 0 Å². The van der Waals surface area contributed by atoms with Crippen LogP contribution in [0.5, 0.6) is 0 Å². The minimum absolute atomic E-state index is 0.0397. The number of halogens is 1. The zero-order valence-corrected chi connectivity index (χ0v) is 15.1. The Hall–Kier alpha value is -0.890. The molecule has 0 radical (unpaired) electrons. The van der Waals surface area contributed by atoms with E-state index < -0.39 is 23.6 Å². The van der Waals surface area contributed by atoms with Gasteiger partial charge in [-0.1, -0.05) is 19.8 Å². The van der Waals surface area contributed by atoms with Crippen LogP contribution in [0, 0.1) is 40.9 Å². The number of rotatable bonds is 0. The SMILES string of the molecule is C#C[C@]1(O)CC[C@H]2[C@@H]3[C@@H](O)CC4=C(F)[C@@H](O)CC[C@]4(C)[C@H]3CC[C@@]21C. The van der Waals surface area contributed by atoms with Gasteiger partial charge in [0.25, 0.3) is 0 Å². The monoisotopic (exact) mass is 348 g/mol. The van der Waals surface area contributed by atoms with Crippen molar-refractivity contribution in [3.05, 3.63) is 11.4 Å². The Morgan fingerprint density at radius 2 is 1.76 bits per heavy atom. The first-order valence-corrected chi connectivity index (χ1v) is 9.63. The summed E-state index contributed by atoms with van der Waals surface area (Å²) in [5, 5.41) is 31.9. The van der Waals surface area contributed by atoms with E-state index in [2.05, 4.69) is 19.8 Å². The van der Waals surface area contributed by atoms with Crippen LogP contribution < -0.4 is 0 Å². The highest BCUT2D eigenvalue weighted by Crippen LogP contribution is 2.67. The molecule has 4 aliphatic rings. The minimum atomic E-state index is -1.10. The molecule has 138 valence electrons. The molecule has 0 spiro atoms. The van der Waals surface area contributed by atoms with Crippen LogP contribution in [-0.2, 0) is 0 Å². The molecule has 3 N–H and O–H groups in total. The van der Waals surface area contributed by atoms with Gasteiger partial charge in [-0.15, -0.1) is 6.42 Å². The van der Waals surface area contributed by atoms with Crippen molar-refractivity contribution in [2.24, 2.45) is 28.6 Å². The molecule has 3 saturated carbocycles. The molecule has 0 amide bonds. The van der Waals surface area contributed by atoms with Crippen LogP contribution in [0.2, 0.25) is 0 Å². The van der Waals surface area contributed by atoms with E-state index in [0.29, 0.717) is 24.8 Å². The van der Waals surface area contributed by atoms with Crippen molar-refractivity contribution in [3.63, 3.8) is 0 Å². The lowest BCUT2D eigenvalue weighted by molar-refractivity contribution is -0.138. The quantitative estimate of drug-likeness (QED) is 0.590. The third kappa shape index (κ3) is 2.04. The summed E-state index contributed by atoms with van der Waals surface area (Å²) in [6.07, 6.45) is 8.56. The molecule has 3 nitrogen and oxygen atoms in total. The Kier molecular flexibility index (Phi) is 3.72. The molecule has 4 heteroatoms. The number of terminal acetylenes is 1. The summed E-state index contributed by atoms with van der Waals surface area (Å²) in [5.41, 5.74) is -1.15. The molecule has 0 aromatic carbocycles. The molecule has 0 aromatic heterocycles. The Bertz CT molecular complexity index is 667. The van der Waals surface area contributed by atoms with E-state index in [1.54, 1.807) is 0 Å². The van der Waals surface area contributed by atoms with Crippen LogP contribution in [0.3, 0.4) is 0 Å². The van der Waals surface area contributed by atoms with Gasteiger partial charge in [0, 0.05) is 5.41 Å². The predicted octanol–water partition coefficient (Wildman–Crippen LogP) is 2.94. The Morgan fingerprint density at radius 3 is 2.44 bits per heavy atom. The van der Waals surface area contributed by atoms with Gasteiger partial charge in [0.05, 0.1) is 6.10 Å². The van der Waals surface area contributed by atoms with Crippen LogP contribution in [0.1, 0.15) is 58.8 Å². The van der Waals surface area contributed by atoms with Crippen LogP contribution in [0.25, 0.3) is 0 Å². The highest BCUT2D eigenvalue weighted by molar-refractivity contribution is 5.32. The van der Waals surface area contributed by atoms with Gasteiger partial charge in [0.15, 0.2) is 0 Å². The molecule has 4 aliphatic carbocycles. The molecular formula is C21H29FO3. The van der Waals surface area contributed by atoms with E-state index in [1.807, 2.05) is 0 Å². The van der Waals surface area contributed by atoms with Crippen molar-refractivity contribution >= 4 is 0 Å². The summed E-state index contributed by atoms with van der Waals surface area (Å²) in [6.45, 7) is 4.19. The average Bonchev–Trinajstić information content (AvgIpc) is 2.86. The highest BCUT2D eigenvalue weighted by atomic mass is 19.1. The first-order chi connectivity index (χ1) is 11.7. The van der Waals surface area contributed by atoms with Crippen molar-refractivity contribution in [3.8, 4) is 12.3 Å². The maximum Gasteiger partial charge on any atom is 0.130 e. The van der Waals surface area contributed by atoms with E-state index in [1.165, 1.54) is 0 Å². The fourth-order valence-corrected chi connectivity index (χ4v) is 7.00. The lowest BCUT2D eigenvalue weighted by Crippen LogP contribution is -2.58. The summed E-state index contributed by atoms with van der Waals surface area (Å²) < 4.78 is 14.7. The fraction of sp³-hybridized carbons (Fsp3) is 0.810. The molecule has 0 saturated heterocycles. The average molecular weight is 348 g/mol. The Balaban J connectivity index is 1.76. The van der Waals surface area contributed by atoms with E-state index in [0.717, 1.165) is 25.7 Å². The Morgan fingerprint density at radius 1 is 1.08 bits per heavy atom. The zero-order chi connectivity index (χ0) is 18.2. The fourth-order valence-electron chi connectivity index (χ4n) is 7.00. The van der Waals surface area contributed by atoms with E-state index in [4.69, 9.17) is 6.42 Å². The standard InChI is InChI=1S/C21H29FO3/c1-4-21(25)10-6-13-17-12(5-9-20(13,21)3)19(2)8-7-15(23)18(22)14(19)11-16(17)24/h1,12-13,15-17,23-25H,5-11H2,2-3H3/t12-,13-,15-,16-,17+,19+,20-,21-/m0/s1. The van der Waals surface area contributed by atoms with Crippen molar-refractivity contribution in [1.82, 2.24) is 0 Å². The second-order valence-corrected chi connectivity index (χ2v) is 9.36. The molecule has 25 heavy (non-hydrogen) atoms. The highest BCUT2D eigenvalue weighted by Gasteiger charge is 2.65. The predicted molar refractivity (Wildman–Crippen MR) is 92.9 cm³/mol. The molecule has 0 aromatic rings. The van der Waals surface area contributed by atoms with Gasteiger partial charge in [-0.2, -0.15) is 0 Å². The number of aliphatic hydroxyl groups is 3. The first-order valence-electron chi connectivity index (χ1n) is 9.63. The van der Waals surface area contributed by atoms with Gasteiger partial charge in [0.2, 0.25) is 0 Å². The third-order valence-electron chi connectivity index (χ3n) is 8.61. The summed E-state index contributed by atoms with van der Waals surface area (Å²) >= 11 is 0. The zero-order valence-electron chi connectivity index (χ0n) is 15.1. The molecule has 0 bridgehead atoms. The van der Waals surface area contributed by atoms with Gasteiger partial charge >= 0.3 is 0 Å². The summed E-state index contributed by atoms with van der Waals surface area (Å²) in [6, 6.07) is 0. The molecule has 0 heterocycles. The van der Waals surface area contributed by atoms with Gasteiger partial charge < -0.3 is 15.3 Å². The number of hydrogen-bond donors (Lipinski definition) is 3. The van der Waals surface area contributed by atoms with Gasteiger partial charge in [-0.3, -0.25) is 0 Å². The van der Waals surface area contributed by atoms with Crippen molar-refractivity contribution in [1.29, 1.82) is 0 Å². The van der Waals surface area contributed by atoms with Crippen LogP contribution >= 0.6 is 0 Å². The molecule has 4 rings (SSSR count). The van der Waals surface area contributed by atoms with Crippen LogP contribution in [0.4, 0.5) is 4.39 Å². The normalized spacial score (nSPS) is 55.2. The first kappa shape index (κ1) is 17.5. The molecular weight excluding hydrogens is 319 g/mol. The summed E-state index contributed by atoms with van der Waals surface area (Å²) in [5.74, 6) is 2.61. The van der Waals surface area contributed by atoms with Crippen LogP contribution in [-0.4, -0.2) is 33.1 Å². The molecule has 0 unspecified atom stereocenters. The van der Waals surface area contributed by atoms with Gasteiger partial charge in [-0.05, 0) is 73.7 Å². The molecule has 3 fully saturated rings. The lowest BCUT2D eigenvalue weighted by Gasteiger charge is -2.60. The van der Waals surface area contributed by atoms with Crippen molar-refractivity contribution in [2.75, 3.05) is 0 Å². The van der Waals surface area contributed by atoms with Gasteiger partial charge in [0.1, 0.15) is 17.5 Å². The second kappa shape index (κ2) is 5.31. The lowest BCUT2D eigenvalue weighted by atomic mass is 9.45. The Labute approximate surface area is 149 Å². The maximum atomic E-state index is 14.7. The van der Waals surface area contributed by atoms with Crippen LogP contribution in [0.15, 0.2) is 11.4 Å². The summed E-state index contributed by atoms with van der Waals surface area (Å²) in [7, 11) is 0. The maximum absolute atomic E-state index is 14.7. The largest absolute Gasteiger partial charge is 0.392 e. The van der Waals surface area contributed by atoms with Gasteiger partial charge in [-0.25, -0.2) is 4.39 Å². The number of aliphatic hydroxyl groups excluding tert-OH is 2. The molecule has 8 atom stereocenters. The smallest absolute Gasteiger partial charge is 0.130 e. The summed E-state index contributed by atoms with van der Waals surface area (Å²) in [4.78, 5) is 0. The van der Waals surface area contributed by atoms with E-state index in [9.17, 15) is 19.7 Å². The molecule has 0 aliphatic heterocycles. The second-order valence-electron chi connectivity index (χ2n) is 9.36. The van der Waals surface area contributed by atoms with Crippen molar-refractivity contribution < 1.29 is 19.7 Å². The minimum Gasteiger partial charge on any atom is -0.392 e.